The van der Waals surface area contributed by atoms with Gasteiger partial charge in [0.1, 0.15) is 5.82 Å². The maximum absolute atomic E-state index is 12.6. The smallest absolute Gasteiger partial charge is 0.227 e. The first kappa shape index (κ1) is 18.7. The van der Waals surface area contributed by atoms with Gasteiger partial charge in [0.15, 0.2) is 0 Å². The lowest BCUT2D eigenvalue weighted by molar-refractivity contribution is -0.130. The zero-order chi connectivity index (χ0) is 19.3. The number of carbonyl (C=O) groups excluding carboxylic acids is 1. The van der Waals surface area contributed by atoms with Gasteiger partial charge in [-0.2, -0.15) is 4.98 Å². The third kappa shape index (κ3) is 4.42. The van der Waals surface area contributed by atoms with Gasteiger partial charge in [-0.15, -0.1) is 0 Å². The second-order valence-electron chi connectivity index (χ2n) is 7.30. The van der Waals surface area contributed by atoms with Crippen molar-refractivity contribution in [1.29, 1.82) is 0 Å². The quantitative estimate of drug-likeness (QED) is 0.800. The predicted octanol–water partition coefficient (Wildman–Crippen LogP) is 1.51. The lowest BCUT2D eigenvalue weighted by Crippen LogP contribution is -2.49. The van der Waals surface area contributed by atoms with E-state index in [0.717, 1.165) is 75.5 Å². The summed E-state index contributed by atoms with van der Waals surface area (Å²) < 4.78 is 5.43. The molecule has 0 radical (unpaired) electrons. The van der Waals surface area contributed by atoms with E-state index in [9.17, 15) is 4.79 Å². The molecule has 2 aliphatic heterocycles. The number of rotatable bonds is 4. The number of carbonyl (C=O) groups is 1. The second kappa shape index (κ2) is 8.56. The molecule has 3 heterocycles. The molecular weight excluding hydrogens is 354 g/mol. The van der Waals surface area contributed by atoms with Crippen LogP contribution in [0, 0.1) is 6.92 Å². The minimum absolute atomic E-state index is 0.193. The Kier molecular flexibility index (Phi) is 5.71. The van der Waals surface area contributed by atoms with Crippen molar-refractivity contribution < 1.29 is 9.53 Å². The molecule has 0 saturated carbocycles. The summed E-state index contributed by atoms with van der Waals surface area (Å²) in [6, 6.07) is 12.0. The van der Waals surface area contributed by atoms with Gasteiger partial charge < -0.3 is 19.4 Å². The molecule has 1 aromatic heterocycles. The molecule has 0 N–H and O–H groups in total. The minimum atomic E-state index is 0.193. The number of amides is 1. The minimum Gasteiger partial charge on any atom is -0.378 e. The summed E-state index contributed by atoms with van der Waals surface area (Å²) in [4.78, 5) is 28.4. The van der Waals surface area contributed by atoms with Gasteiger partial charge in [0.25, 0.3) is 0 Å². The highest BCUT2D eigenvalue weighted by Crippen LogP contribution is 2.20. The van der Waals surface area contributed by atoms with Crippen molar-refractivity contribution in [3.63, 3.8) is 0 Å². The highest BCUT2D eigenvalue weighted by atomic mass is 16.5. The number of nitrogens with zero attached hydrogens (tertiary/aromatic N) is 5. The van der Waals surface area contributed by atoms with Gasteiger partial charge in [-0.3, -0.25) is 4.79 Å². The monoisotopic (exact) mass is 381 g/mol. The highest BCUT2D eigenvalue weighted by Gasteiger charge is 2.23. The van der Waals surface area contributed by atoms with Crippen molar-refractivity contribution in [2.24, 2.45) is 0 Å². The summed E-state index contributed by atoms with van der Waals surface area (Å²) in [7, 11) is 0. The van der Waals surface area contributed by atoms with Crippen LogP contribution in [0.15, 0.2) is 36.4 Å². The number of hydrogen-bond acceptors (Lipinski definition) is 6. The fourth-order valence-corrected chi connectivity index (χ4v) is 3.67. The van der Waals surface area contributed by atoms with Crippen LogP contribution in [0.3, 0.4) is 0 Å². The second-order valence-corrected chi connectivity index (χ2v) is 7.30. The van der Waals surface area contributed by atoms with Crippen LogP contribution in [0.5, 0.6) is 0 Å². The first-order valence-corrected chi connectivity index (χ1v) is 9.94. The van der Waals surface area contributed by atoms with Crippen molar-refractivity contribution in [2.45, 2.75) is 13.3 Å². The Morgan fingerprint density at radius 3 is 2.39 bits per heavy atom. The molecule has 7 heteroatoms. The number of ether oxygens (including phenoxy) is 1. The first-order chi connectivity index (χ1) is 13.7. The first-order valence-electron chi connectivity index (χ1n) is 9.94. The van der Waals surface area contributed by atoms with Crippen LogP contribution in [0.2, 0.25) is 0 Å². The SMILES string of the molecule is Cc1cc(N2CCN(C(=O)Cc3ccccc3)CC2)nc(N2CCOCC2)n1. The summed E-state index contributed by atoms with van der Waals surface area (Å²) in [6.07, 6.45) is 0.467. The molecule has 2 saturated heterocycles. The molecular formula is C21H27N5O2. The molecule has 2 aliphatic rings. The van der Waals surface area contributed by atoms with Gasteiger partial charge in [0.05, 0.1) is 19.6 Å². The van der Waals surface area contributed by atoms with Crippen LogP contribution in [-0.4, -0.2) is 73.3 Å². The predicted molar refractivity (Wildman–Crippen MR) is 109 cm³/mol. The molecule has 0 atom stereocenters. The molecule has 2 fully saturated rings. The fraction of sp³-hybridized carbons (Fsp3) is 0.476. The Morgan fingerprint density at radius 1 is 0.964 bits per heavy atom. The van der Waals surface area contributed by atoms with Crippen molar-refractivity contribution in [3.8, 4) is 0 Å². The average molecular weight is 381 g/mol. The molecule has 1 amide bonds. The van der Waals surface area contributed by atoms with E-state index in [4.69, 9.17) is 9.72 Å². The van der Waals surface area contributed by atoms with Crippen molar-refractivity contribution in [2.75, 3.05) is 62.3 Å². The summed E-state index contributed by atoms with van der Waals surface area (Å²) in [6.45, 7) is 8.12. The van der Waals surface area contributed by atoms with Crippen LogP contribution in [0.25, 0.3) is 0 Å². The number of benzene rings is 1. The number of anilines is 2. The number of aryl methyl sites for hydroxylation is 1. The molecule has 28 heavy (non-hydrogen) atoms. The molecule has 0 aliphatic carbocycles. The Morgan fingerprint density at radius 2 is 1.68 bits per heavy atom. The van der Waals surface area contributed by atoms with Gasteiger partial charge >= 0.3 is 0 Å². The number of piperazine rings is 1. The van der Waals surface area contributed by atoms with E-state index in [2.05, 4.69) is 14.8 Å². The Labute approximate surface area is 165 Å². The highest BCUT2D eigenvalue weighted by molar-refractivity contribution is 5.79. The maximum atomic E-state index is 12.6. The molecule has 1 aromatic carbocycles. The van der Waals surface area contributed by atoms with Crippen LogP contribution in [-0.2, 0) is 16.0 Å². The summed E-state index contributed by atoms with van der Waals surface area (Å²) in [5.41, 5.74) is 2.03. The number of hydrogen-bond donors (Lipinski definition) is 0. The summed E-state index contributed by atoms with van der Waals surface area (Å²) in [5, 5.41) is 0. The number of aromatic nitrogens is 2. The molecule has 0 spiro atoms. The average Bonchev–Trinajstić information content (AvgIpc) is 2.75. The third-order valence-corrected chi connectivity index (χ3v) is 5.28. The Bertz CT molecular complexity index is 800. The van der Waals surface area contributed by atoms with Crippen molar-refractivity contribution in [3.05, 3.63) is 47.7 Å². The molecule has 0 bridgehead atoms. The lowest BCUT2D eigenvalue weighted by Gasteiger charge is -2.36. The normalized spacial score (nSPS) is 17.7. The van der Waals surface area contributed by atoms with Crippen LogP contribution in [0.1, 0.15) is 11.3 Å². The van der Waals surface area contributed by atoms with E-state index >= 15 is 0 Å². The maximum Gasteiger partial charge on any atom is 0.227 e. The van der Waals surface area contributed by atoms with E-state index in [-0.39, 0.29) is 5.91 Å². The molecule has 2 aromatic rings. The largest absolute Gasteiger partial charge is 0.378 e. The van der Waals surface area contributed by atoms with Crippen LogP contribution >= 0.6 is 0 Å². The molecule has 0 unspecified atom stereocenters. The Balaban J connectivity index is 1.38. The lowest BCUT2D eigenvalue weighted by atomic mass is 10.1. The molecule has 4 rings (SSSR count). The fourth-order valence-electron chi connectivity index (χ4n) is 3.67. The summed E-state index contributed by atoms with van der Waals surface area (Å²) in [5.74, 6) is 1.92. The zero-order valence-corrected chi connectivity index (χ0v) is 16.4. The Hall–Kier alpha value is -2.67. The van der Waals surface area contributed by atoms with E-state index in [1.165, 1.54) is 0 Å². The topological polar surface area (TPSA) is 61.8 Å². The van der Waals surface area contributed by atoms with Gasteiger partial charge in [0, 0.05) is 51.0 Å². The van der Waals surface area contributed by atoms with E-state index < -0.39 is 0 Å². The summed E-state index contributed by atoms with van der Waals surface area (Å²) >= 11 is 0. The van der Waals surface area contributed by atoms with Crippen molar-refractivity contribution in [1.82, 2.24) is 14.9 Å². The van der Waals surface area contributed by atoms with Crippen LogP contribution in [0.4, 0.5) is 11.8 Å². The van der Waals surface area contributed by atoms with Crippen LogP contribution < -0.4 is 9.80 Å². The van der Waals surface area contributed by atoms with E-state index in [1.807, 2.05) is 48.2 Å². The molecule has 148 valence electrons. The third-order valence-electron chi connectivity index (χ3n) is 5.28. The van der Waals surface area contributed by atoms with Crippen molar-refractivity contribution >= 4 is 17.7 Å². The van der Waals surface area contributed by atoms with Gasteiger partial charge in [-0.05, 0) is 12.5 Å². The van der Waals surface area contributed by atoms with E-state index in [0.29, 0.717) is 6.42 Å². The zero-order valence-electron chi connectivity index (χ0n) is 16.4. The molecule has 7 nitrogen and oxygen atoms in total. The van der Waals surface area contributed by atoms with Gasteiger partial charge in [0.2, 0.25) is 11.9 Å². The standard InChI is InChI=1S/C21H27N5O2/c1-17-15-19(23-21(22-17)26-11-13-28-14-12-26)24-7-9-25(10-8-24)20(27)16-18-5-3-2-4-6-18/h2-6,15H,7-14,16H2,1H3. The number of morpholine rings is 1. The van der Waals surface area contributed by atoms with E-state index in [1.54, 1.807) is 0 Å². The van der Waals surface area contributed by atoms with Gasteiger partial charge in [-0.25, -0.2) is 4.98 Å². The van der Waals surface area contributed by atoms with Gasteiger partial charge in [-0.1, -0.05) is 30.3 Å².